The summed E-state index contributed by atoms with van der Waals surface area (Å²) >= 11 is 0. The van der Waals surface area contributed by atoms with Crippen molar-refractivity contribution in [3.05, 3.63) is 23.9 Å². The van der Waals surface area contributed by atoms with E-state index in [9.17, 15) is 5.26 Å². The van der Waals surface area contributed by atoms with Gasteiger partial charge in [-0.3, -0.25) is 4.90 Å². The Hall–Kier alpha value is -1.60. The van der Waals surface area contributed by atoms with Crippen LogP contribution in [0.3, 0.4) is 0 Å². The summed E-state index contributed by atoms with van der Waals surface area (Å²) in [6.45, 7) is 4.24. The van der Waals surface area contributed by atoms with Gasteiger partial charge in [-0.1, -0.05) is 6.42 Å². The molecular weight excluding hydrogens is 260 g/mol. The Kier molecular flexibility index (Phi) is 3.31. The monoisotopic (exact) mass is 282 g/mol. The molecule has 0 N–H and O–H groups in total. The molecule has 3 aliphatic rings. The molecule has 1 saturated heterocycles. The summed E-state index contributed by atoms with van der Waals surface area (Å²) in [4.78, 5) is 9.40. The second-order valence-corrected chi connectivity index (χ2v) is 6.75. The molecule has 4 heteroatoms. The van der Waals surface area contributed by atoms with Crippen LogP contribution in [-0.4, -0.2) is 42.1 Å². The summed E-state index contributed by atoms with van der Waals surface area (Å²) in [5.41, 5.74) is 0.700. The number of fused-ring (bicyclic) bond motifs is 2. The molecule has 0 aromatic carbocycles. The predicted molar refractivity (Wildman–Crippen MR) is 82.0 cm³/mol. The lowest BCUT2D eigenvalue weighted by atomic mass is 9.93. The van der Waals surface area contributed by atoms with Crippen molar-refractivity contribution in [3.8, 4) is 6.07 Å². The maximum Gasteiger partial charge on any atom is 0.146 e. The molecule has 0 radical (unpaired) electrons. The van der Waals surface area contributed by atoms with Crippen LogP contribution in [0.5, 0.6) is 0 Å². The molecule has 0 amide bonds. The summed E-state index contributed by atoms with van der Waals surface area (Å²) in [7, 11) is 0. The van der Waals surface area contributed by atoms with E-state index in [1.165, 1.54) is 25.7 Å². The maximum absolute atomic E-state index is 9.22. The van der Waals surface area contributed by atoms with Crippen LogP contribution in [-0.2, 0) is 0 Å². The van der Waals surface area contributed by atoms with E-state index in [1.54, 1.807) is 6.20 Å². The molecule has 4 nitrogen and oxygen atoms in total. The highest BCUT2D eigenvalue weighted by Gasteiger charge is 2.42. The van der Waals surface area contributed by atoms with Gasteiger partial charge in [0.1, 0.15) is 11.9 Å². The van der Waals surface area contributed by atoms with E-state index in [4.69, 9.17) is 0 Å². The van der Waals surface area contributed by atoms with Crippen LogP contribution in [0.2, 0.25) is 0 Å². The van der Waals surface area contributed by atoms with Crippen LogP contribution in [0.25, 0.3) is 0 Å². The Morgan fingerprint density at radius 1 is 1.14 bits per heavy atom. The molecular formula is C17H22N4. The largest absolute Gasteiger partial charge is 0.353 e. The Morgan fingerprint density at radius 3 is 2.67 bits per heavy atom. The van der Waals surface area contributed by atoms with Crippen molar-refractivity contribution < 1.29 is 0 Å². The van der Waals surface area contributed by atoms with Crippen LogP contribution >= 0.6 is 0 Å². The van der Waals surface area contributed by atoms with Crippen LogP contribution in [0, 0.1) is 23.2 Å². The first-order valence-corrected chi connectivity index (χ1v) is 8.19. The maximum atomic E-state index is 9.22. The van der Waals surface area contributed by atoms with Crippen molar-refractivity contribution in [1.82, 2.24) is 9.88 Å². The summed E-state index contributed by atoms with van der Waals surface area (Å²) < 4.78 is 0. The number of hydrogen-bond acceptors (Lipinski definition) is 4. The van der Waals surface area contributed by atoms with Crippen LogP contribution in [0.15, 0.2) is 18.3 Å². The van der Waals surface area contributed by atoms with Crippen molar-refractivity contribution in [1.29, 1.82) is 5.26 Å². The molecule has 4 rings (SSSR count). The van der Waals surface area contributed by atoms with E-state index >= 15 is 0 Å². The fraction of sp³-hybridized carbons (Fsp3) is 0.647. The molecule has 2 saturated carbocycles. The highest BCUT2D eigenvalue weighted by Crippen LogP contribution is 2.46. The van der Waals surface area contributed by atoms with E-state index in [2.05, 4.69) is 20.9 Å². The number of piperazine rings is 1. The average molecular weight is 282 g/mol. The number of nitrogens with zero attached hydrogens (tertiary/aromatic N) is 4. The molecule has 2 aliphatic carbocycles. The van der Waals surface area contributed by atoms with Crippen LogP contribution in [0.4, 0.5) is 5.82 Å². The van der Waals surface area contributed by atoms with Gasteiger partial charge < -0.3 is 4.90 Å². The van der Waals surface area contributed by atoms with Gasteiger partial charge >= 0.3 is 0 Å². The van der Waals surface area contributed by atoms with Crippen LogP contribution in [0.1, 0.15) is 31.2 Å². The zero-order valence-corrected chi connectivity index (χ0v) is 12.4. The van der Waals surface area contributed by atoms with E-state index < -0.39 is 0 Å². The second kappa shape index (κ2) is 5.31. The van der Waals surface area contributed by atoms with Crippen molar-refractivity contribution >= 4 is 5.82 Å². The highest BCUT2D eigenvalue weighted by atomic mass is 15.3. The Labute approximate surface area is 126 Å². The summed E-state index contributed by atoms with van der Waals surface area (Å²) in [6, 6.07) is 6.81. The summed E-state index contributed by atoms with van der Waals surface area (Å²) in [6.07, 6.45) is 7.62. The Balaban J connectivity index is 1.42. The summed E-state index contributed by atoms with van der Waals surface area (Å²) in [5.74, 6) is 2.85. The molecule has 1 aromatic heterocycles. The quantitative estimate of drug-likeness (QED) is 0.834. The van der Waals surface area contributed by atoms with Crippen molar-refractivity contribution in [2.24, 2.45) is 11.8 Å². The minimum Gasteiger partial charge on any atom is -0.353 e. The molecule has 0 unspecified atom stereocenters. The standard InChI is InChI=1S/C17H22N4/c18-12-15-2-1-5-19-17(15)21-8-6-20(7-9-21)16-11-13-3-4-14(16)10-13/h1-2,5,13-14,16H,3-4,6-11H2/t13-,14-,16+/m0/s1. The van der Waals surface area contributed by atoms with Crippen LogP contribution < -0.4 is 4.90 Å². The van der Waals surface area contributed by atoms with E-state index in [0.29, 0.717) is 5.56 Å². The number of hydrogen-bond donors (Lipinski definition) is 0. The fourth-order valence-corrected chi connectivity index (χ4v) is 4.66. The lowest BCUT2D eigenvalue weighted by Gasteiger charge is -2.41. The second-order valence-electron chi connectivity index (χ2n) is 6.75. The van der Waals surface area contributed by atoms with E-state index in [1.807, 2.05) is 12.1 Å². The van der Waals surface area contributed by atoms with Crippen molar-refractivity contribution in [3.63, 3.8) is 0 Å². The average Bonchev–Trinajstić information content (AvgIpc) is 3.18. The molecule has 2 heterocycles. The molecule has 3 fully saturated rings. The smallest absolute Gasteiger partial charge is 0.146 e. The number of pyridine rings is 1. The normalized spacial score (nSPS) is 32.3. The molecule has 0 spiro atoms. The first-order chi connectivity index (χ1) is 10.3. The Bertz CT molecular complexity index is 556. The van der Waals surface area contributed by atoms with E-state index in [-0.39, 0.29) is 0 Å². The first kappa shape index (κ1) is 13.1. The third-order valence-corrected chi connectivity index (χ3v) is 5.69. The summed E-state index contributed by atoms with van der Waals surface area (Å²) in [5, 5.41) is 9.22. The topological polar surface area (TPSA) is 43.2 Å². The zero-order valence-electron chi connectivity index (χ0n) is 12.4. The third kappa shape index (κ3) is 2.30. The minimum atomic E-state index is 0.700. The molecule has 1 aliphatic heterocycles. The van der Waals surface area contributed by atoms with Gasteiger partial charge in [-0.25, -0.2) is 4.98 Å². The van der Waals surface area contributed by atoms with Gasteiger partial charge in [0.15, 0.2) is 0 Å². The Morgan fingerprint density at radius 2 is 2.00 bits per heavy atom. The first-order valence-electron chi connectivity index (χ1n) is 8.19. The number of aromatic nitrogens is 1. The molecule has 2 bridgehead atoms. The van der Waals surface area contributed by atoms with E-state index in [0.717, 1.165) is 49.9 Å². The highest BCUT2D eigenvalue weighted by molar-refractivity contribution is 5.53. The lowest BCUT2D eigenvalue weighted by molar-refractivity contribution is 0.134. The fourth-order valence-electron chi connectivity index (χ4n) is 4.66. The third-order valence-electron chi connectivity index (χ3n) is 5.69. The molecule has 3 atom stereocenters. The number of nitriles is 1. The van der Waals surface area contributed by atoms with Crippen molar-refractivity contribution in [2.45, 2.75) is 31.7 Å². The number of anilines is 1. The lowest BCUT2D eigenvalue weighted by Crippen LogP contribution is -2.52. The van der Waals surface area contributed by atoms with Gasteiger partial charge in [0.25, 0.3) is 0 Å². The van der Waals surface area contributed by atoms with Crippen molar-refractivity contribution in [2.75, 3.05) is 31.1 Å². The molecule has 21 heavy (non-hydrogen) atoms. The zero-order chi connectivity index (χ0) is 14.2. The van der Waals surface area contributed by atoms with Gasteiger partial charge in [0.2, 0.25) is 0 Å². The SMILES string of the molecule is N#Cc1cccnc1N1CCN([C@@H]2C[C@H]3CC[C@H]2C3)CC1. The van der Waals surface area contributed by atoms with Gasteiger partial charge in [-0.2, -0.15) is 5.26 Å². The van der Waals surface area contributed by atoms with Gasteiger partial charge in [-0.15, -0.1) is 0 Å². The van der Waals surface area contributed by atoms with Gasteiger partial charge in [0, 0.05) is 38.4 Å². The minimum absolute atomic E-state index is 0.700. The molecule has 110 valence electrons. The predicted octanol–water partition coefficient (Wildman–Crippen LogP) is 2.26. The molecule has 1 aromatic rings. The van der Waals surface area contributed by atoms with Gasteiger partial charge in [-0.05, 0) is 43.2 Å². The van der Waals surface area contributed by atoms with Gasteiger partial charge in [0.05, 0.1) is 5.56 Å². The number of rotatable bonds is 2.